The first-order chi connectivity index (χ1) is 11.3. The van der Waals surface area contributed by atoms with Gasteiger partial charge < -0.3 is 10.4 Å². The van der Waals surface area contributed by atoms with Crippen molar-refractivity contribution >= 4 is 35.1 Å². The van der Waals surface area contributed by atoms with Crippen molar-refractivity contribution in [1.82, 2.24) is 15.5 Å². The maximum Gasteiger partial charge on any atom is 0.333 e. The zero-order valence-corrected chi connectivity index (χ0v) is 14.3. The van der Waals surface area contributed by atoms with Crippen LogP contribution in [0.15, 0.2) is 24.3 Å². The Hall–Kier alpha value is -2.05. The number of carboxylic acids is 1. The number of benzene rings is 1. The number of amides is 1. The van der Waals surface area contributed by atoms with Gasteiger partial charge in [-0.05, 0) is 43.5 Å². The summed E-state index contributed by atoms with van der Waals surface area (Å²) in [4.78, 5) is 24.2. The monoisotopic (exact) mass is 367 g/mol. The Morgan fingerprint density at radius 3 is 2.58 bits per heavy atom. The summed E-state index contributed by atoms with van der Waals surface area (Å²) in [6.07, 6.45) is 2.14. The number of rotatable bonds is 5. The van der Waals surface area contributed by atoms with Crippen molar-refractivity contribution in [1.29, 1.82) is 0 Å². The van der Waals surface area contributed by atoms with Crippen LogP contribution in [0.1, 0.15) is 47.4 Å². The number of H-pyrrole nitrogens is 1. The predicted molar refractivity (Wildman–Crippen MR) is 89.5 cm³/mol. The van der Waals surface area contributed by atoms with E-state index >= 15 is 0 Å². The first-order valence-corrected chi connectivity index (χ1v) is 8.13. The number of aromatic nitrogens is 2. The highest BCUT2D eigenvalue weighted by atomic mass is 35.5. The summed E-state index contributed by atoms with van der Waals surface area (Å²) in [5, 5.41) is 19.5. The van der Waals surface area contributed by atoms with Gasteiger partial charge in [0.1, 0.15) is 5.69 Å². The maximum atomic E-state index is 12.4. The van der Waals surface area contributed by atoms with Crippen LogP contribution in [0.3, 0.4) is 0 Å². The van der Waals surface area contributed by atoms with Crippen LogP contribution < -0.4 is 5.32 Å². The van der Waals surface area contributed by atoms with Crippen molar-refractivity contribution in [2.24, 2.45) is 0 Å². The van der Waals surface area contributed by atoms with Gasteiger partial charge in [0.25, 0.3) is 5.91 Å². The molecule has 1 heterocycles. The van der Waals surface area contributed by atoms with E-state index in [4.69, 9.17) is 23.2 Å². The van der Waals surface area contributed by atoms with E-state index in [1.54, 1.807) is 6.07 Å². The molecule has 1 amide bonds. The number of carbonyl (C=O) groups excluding carboxylic acids is 1. The number of carboxylic acid groups (broad SMARTS) is 1. The highest BCUT2D eigenvalue weighted by Crippen LogP contribution is 2.39. The molecule has 8 heteroatoms. The van der Waals surface area contributed by atoms with Gasteiger partial charge in [-0.1, -0.05) is 29.3 Å². The molecule has 0 saturated heterocycles. The first kappa shape index (κ1) is 16.8. The number of aromatic amines is 1. The van der Waals surface area contributed by atoms with Crippen molar-refractivity contribution in [2.75, 3.05) is 0 Å². The van der Waals surface area contributed by atoms with E-state index in [0.29, 0.717) is 16.5 Å². The van der Waals surface area contributed by atoms with Gasteiger partial charge in [0.05, 0.1) is 10.0 Å². The molecule has 6 nitrogen and oxygen atoms in total. The van der Waals surface area contributed by atoms with Crippen molar-refractivity contribution < 1.29 is 14.7 Å². The second kappa shape index (κ2) is 6.11. The summed E-state index contributed by atoms with van der Waals surface area (Å²) in [5.41, 5.74) is -0.295. The van der Waals surface area contributed by atoms with Crippen LogP contribution >= 0.6 is 23.2 Å². The van der Waals surface area contributed by atoms with Gasteiger partial charge in [0, 0.05) is 11.6 Å². The summed E-state index contributed by atoms with van der Waals surface area (Å²) in [7, 11) is 0. The average Bonchev–Trinajstić information content (AvgIpc) is 3.26. The van der Waals surface area contributed by atoms with E-state index in [1.807, 2.05) is 0 Å². The molecule has 1 fully saturated rings. The third-order valence-electron chi connectivity index (χ3n) is 4.14. The quantitative estimate of drug-likeness (QED) is 0.755. The third kappa shape index (κ3) is 3.12. The first-order valence-electron chi connectivity index (χ1n) is 7.38. The lowest BCUT2D eigenvalue weighted by atomic mass is 9.92. The van der Waals surface area contributed by atoms with Crippen molar-refractivity contribution in [3.8, 4) is 0 Å². The average molecular weight is 368 g/mol. The Kier molecular flexibility index (Phi) is 4.27. The van der Waals surface area contributed by atoms with Crippen LogP contribution in [-0.4, -0.2) is 27.2 Å². The van der Waals surface area contributed by atoms with Crippen LogP contribution in [0.2, 0.25) is 10.0 Å². The molecule has 1 unspecified atom stereocenters. The fourth-order valence-corrected chi connectivity index (χ4v) is 2.70. The largest absolute Gasteiger partial charge is 0.479 e. The smallest absolute Gasteiger partial charge is 0.333 e. The van der Waals surface area contributed by atoms with Gasteiger partial charge in [0.2, 0.25) is 0 Å². The van der Waals surface area contributed by atoms with E-state index < -0.39 is 17.4 Å². The number of nitrogens with one attached hydrogen (secondary N) is 2. The van der Waals surface area contributed by atoms with Crippen LogP contribution in [0.25, 0.3) is 0 Å². The van der Waals surface area contributed by atoms with Crippen molar-refractivity contribution in [2.45, 2.75) is 31.2 Å². The van der Waals surface area contributed by atoms with E-state index in [9.17, 15) is 14.7 Å². The molecule has 0 aliphatic heterocycles. The maximum absolute atomic E-state index is 12.4. The third-order valence-corrected chi connectivity index (χ3v) is 4.87. The van der Waals surface area contributed by atoms with Crippen molar-refractivity contribution in [3.63, 3.8) is 0 Å². The molecule has 0 bridgehead atoms. The van der Waals surface area contributed by atoms with Gasteiger partial charge in [-0.3, -0.25) is 9.89 Å². The lowest BCUT2D eigenvalue weighted by Crippen LogP contribution is -2.49. The molecule has 2 aromatic rings. The van der Waals surface area contributed by atoms with Gasteiger partial charge in [-0.2, -0.15) is 5.10 Å². The minimum Gasteiger partial charge on any atom is -0.479 e. The fourth-order valence-electron chi connectivity index (χ4n) is 2.40. The number of nitrogens with zero attached hydrogens (tertiary/aromatic N) is 1. The highest BCUT2D eigenvalue weighted by Gasteiger charge is 2.38. The minimum absolute atomic E-state index is 0.157. The highest BCUT2D eigenvalue weighted by molar-refractivity contribution is 6.42. The topological polar surface area (TPSA) is 95.1 Å². The molecular formula is C16H15Cl2N3O3. The molecule has 1 aromatic heterocycles. The van der Waals surface area contributed by atoms with Crippen LogP contribution in [0.4, 0.5) is 0 Å². The molecule has 24 heavy (non-hydrogen) atoms. The predicted octanol–water partition coefficient (Wildman–Crippen LogP) is 3.32. The lowest BCUT2D eigenvalue weighted by molar-refractivity contribution is -0.144. The molecule has 1 aromatic carbocycles. The molecule has 126 valence electrons. The Morgan fingerprint density at radius 2 is 2.00 bits per heavy atom. The molecule has 1 atom stereocenters. The molecule has 0 radical (unpaired) electrons. The lowest BCUT2D eigenvalue weighted by Gasteiger charge is -2.26. The van der Waals surface area contributed by atoms with E-state index in [0.717, 1.165) is 18.5 Å². The van der Waals surface area contributed by atoms with Crippen molar-refractivity contribution in [3.05, 3.63) is 51.3 Å². The molecule has 1 aliphatic carbocycles. The summed E-state index contributed by atoms with van der Waals surface area (Å²) >= 11 is 11.8. The molecule has 1 aliphatic rings. The van der Waals surface area contributed by atoms with E-state index in [2.05, 4.69) is 15.5 Å². The summed E-state index contributed by atoms with van der Waals surface area (Å²) < 4.78 is 0. The Labute approximate surface area is 148 Å². The fraction of sp³-hybridized carbons (Fsp3) is 0.312. The Morgan fingerprint density at radius 1 is 1.29 bits per heavy atom. The zero-order valence-electron chi connectivity index (χ0n) is 12.8. The summed E-state index contributed by atoms with van der Waals surface area (Å²) in [6.45, 7) is 1.39. The van der Waals surface area contributed by atoms with Crippen LogP contribution in [0, 0.1) is 0 Å². The second-order valence-electron chi connectivity index (χ2n) is 6.00. The van der Waals surface area contributed by atoms with Crippen LogP contribution in [-0.2, 0) is 10.3 Å². The Balaban J connectivity index is 1.87. The molecular weight excluding hydrogens is 353 g/mol. The summed E-state index contributed by atoms with van der Waals surface area (Å²) in [6, 6.07) is 6.09. The normalized spacial score (nSPS) is 16.5. The van der Waals surface area contributed by atoms with E-state index in [1.165, 1.54) is 25.1 Å². The summed E-state index contributed by atoms with van der Waals surface area (Å²) in [5.74, 6) is -1.37. The SMILES string of the molecule is CC(NC(=O)c1cc(C2CC2)[nH]n1)(C(=O)O)c1ccc(Cl)c(Cl)c1. The van der Waals surface area contributed by atoms with Crippen LogP contribution in [0.5, 0.6) is 0 Å². The molecule has 1 saturated carbocycles. The molecule has 3 N–H and O–H groups in total. The zero-order chi connectivity index (χ0) is 17.5. The number of aliphatic carboxylic acids is 1. The number of hydrogen-bond acceptors (Lipinski definition) is 3. The minimum atomic E-state index is -1.66. The molecule has 0 spiro atoms. The molecule has 3 rings (SSSR count). The van der Waals surface area contributed by atoms with Gasteiger partial charge >= 0.3 is 5.97 Å². The van der Waals surface area contributed by atoms with E-state index in [-0.39, 0.29) is 10.7 Å². The number of halogens is 2. The number of hydrogen-bond donors (Lipinski definition) is 3. The number of carbonyl (C=O) groups is 2. The van der Waals surface area contributed by atoms with Gasteiger partial charge in [-0.15, -0.1) is 0 Å². The second-order valence-corrected chi connectivity index (χ2v) is 6.81. The Bertz CT molecular complexity index is 817. The van der Waals surface area contributed by atoms with Gasteiger partial charge in [0.15, 0.2) is 5.54 Å². The van der Waals surface area contributed by atoms with Gasteiger partial charge in [-0.25, -0.2) is 4.79 Å². The standard InChI is InChI=1S/C16H15Cl2N3O3/c1-16(15(23)24,9-4-5-10(17)11(18)6-9)19-14(22)13-7-12(20-21-13)8-2-3-8/h4-8H,2-3H2,1H3,(H,19,22)(H,20,21)(H,23,24).